The van der Waals surface area contributed by atoms with Gasteiger partial charge in [-0.15, -0.1) is 0 Å². The molecule has 1 N–H and O–H groups in total. The van der Waals surface area contributed by atoms with Gasteiger partial charge in [0.1, 0.15) is 5.78 Å². The van der Waals surface area contributed by atoms with Crippen LogP contribution in [0.15, 0.2) is 48.5 Å². The van der Waals surface area contributed by atoms with Crippen LogP contribution in [0.3, 0.4) is 0 Å². The Hall–Kier alpha value is -2.88. The molecule has 2 aromatic carbocycles. The molecule has 4 heteroatoms. The summed E-state index contributed by atoms with van der Waals surface area (Å²) in [5, 5.41) is 10.4. The normalized spacial score (nSPS) is 11.0. The Bertz CT molecular complexity index is 837. The van der Waals surface area contributed by atoms with E-state index in [4.69, 9.17) is 4.74 Å². The first-order valence-corrected chi connectivity index (χ1v) is 10.2. The zero-order valence-corrected chi connectivity index (χ0v) is 17.3. The van der Waals surface area contributed by atoms with Gasteiger partial charge in [0.2, 0.25) is 0 Å². The van der Waals surface area contributed by atoms with E-state index in [-0.39, 0.29) is 23.7 Å². The lowest BCUT2D eigenvalue weighted by Crippen LogP contribution is -2.05. The number of phenols is 1. The fraction of sp³-hybridized carbons (Fsp3) is 0.360. The summed E-state index contributed by atoms with van der Waals surface area (Å²) in [7, 11) is 1.50. The highest BCUT2D eigenvalue weighted by Gasteiger charge is 2.11. The molecule has 2 rings (SSSR count). The first kappa shape index (κ1) is 22.4. The number of hydrogen-bond acceptors (Lipinski definition) is 4. The largest absolute Gasteiger partial charge is 0.504 e. The van der Waals surface area contributed by atoms with E-state index in [2.05, 4.69) is 6.92 Å². The van der Waals surface area contributed by atoms with Crippen molar-refractivity contribution in [2.45, 2.75) is 51.9 Å². The van der Waals surface area contributed by atoms with Crippen molar-refractivity contribution in [1.29, 1.82) is 0 Å². The lowest BCUT2D eigenvalue weighted by atomic mass is 10.0. The van der Waals surface area contributed by atoms with Crippen LogP contribution in [0.4, 0.5) is 0 Å². The number of unbranched alkanes of at least 4 members (excludes halogenated alkanes) is 2. The predicted octanol–water partition coefficient (Wildman–Crippen LogP) is 5.31. The molecule has 0 radical (unpaired) electrons. The van der Waals surface area contributed by atoms with E-state index in [9.17, 15) is 14.7 Å². The topological polar surface area (TPSA) is 63.6 Å². The number of benzene rings is 2. The van der Waals surface area contributed by atoms with Gasteiger partial charge in [-0.05, 0) is 54.2 Å². The van der Waals surface area contributed by atoms with E-state index >= 15 is 0 Å². The molecule has 2 aromatic rings. The van der Waals surface area contributed by atoms with Crippen LogP contribution in [0.5, 0.6) is 11.5 Å². The summed E-state index contributed by atoms with van der Waals surface area (Å²) in [5.41, 5.74) is 2.70. The van der Waals surface area contributed by atoms with Crippen molar-refractivity contribution in [3.63, 3.8) is 0 Å². The molecule has 0 aliphatic heterocycles. The van der Waals surface area contributed by atoms with Gasteiger partial charge in [0, 0.05) is 6.42 Å². The summed E-state index contributed by atoms with van der Waals surface area (Å²) in [6.45, 7) is 2.08. The standard InChI is InChI=1S/C25H30O4/c1-3-4-6-11-22(26)18-23(27)15-13-20-16-21(25(28)24(17-20)29-2)14-12-19-9-7-5-8-10-19/h5,7-10,13,15-17,28H,3-4,6,11-12,14,18H2,1-2H3. The molecular formula is C25H30O4. The van der Waals surface area contributed by atoms with Crippen molar-refractivity contribution in [3.05, 3.63) is 65.2 Å². The van der Waals surface area contributed by atoms with Crippen LogP contribution in [-0.4, -0.2) is 23.8 Å². The third-order valence-corrected chi connectivity index (χ3v) is 4.81. The molecule has 0 aliphatic rings. The van der Waals surface area contributed by atoms with E-state index in [0.717, 1.165) is 36.8 Å². The quantitative estimate of drug-likeness (QED) is 0.301. The molecule has 0 saturated heterocycles. The highest BCUT2D eigenvalue weighted by Crippen LogP contribution is 2.33. The minimum Gasteiger partial charge on any atom is -0.504 e. The number of phenolic OH excluding ortho intramolecular Hbond substituents is 1. The number of aromatic hydroxyl groups is 1. The van der Waals surface area contributed by atoms with Gasteiger partial charge in [-0.3, -0.25) is 9.59 Å². The molecule has 154 valence electrons. The zero-order chi connectivity index (χ0) is 21.1. The van der Waals surface area contributed by atoms with E-state index in [1.165, 1.54) is 18.7 Å². The number of ketones is 2. The highest BCUT2D eigenvalue weighted by atomic mass is 16.5. The van der Waals surface area contributed by atoms with Gasteiger partial charge in [0.05, 0.1) is 13.5 Å². The van der Waals surface area contributed by atoms with Crippen LogP contribution >= 0.6 is 0 Å². The maximum Gasteiger partial charge on any atom is 0.163 e. The molecule has 0 atom stereocenters. The van der Waals surface area contributed by atoms with Gasteiger partial charge in [-0.25, -0.2) is 0 Å². The maximum absolute atomic E-state index is 12.1. The van der Waals surface area contributed by atoms with Gasteiger partial charge in [0.25, 0.3) is 0 Å². The van der Waals surface area contributed by atoms with Crippen molar-refractivity contribution < 1.29 is 19.4 Å². The Morgan fingerprint density at radius 1 is 1.07 bits per heavy atom. The zero-order valence-electron chi connectivity index (χ0n) is 17.3. The number of rotatable bonds is 12. The summed E-state index contributed by atoms with van der Waals surface area (Å²) < 4.78 is 5.28. The van der Waals surface area contributed by atoms with Gasteiger partial charge >= 0.3 is 0 Å². The fourth-order valence-electron chi connectivity index (χ4n) is 3.16. The van der Waals surface area contributed by atoms with E-state index < -0.39 is 0 Å². The molecule has 29 heavy (non-hydrogen) atoms. The van der Waals surface area contributed by atoms with Gasteiger partial charge in [-0.2, -0.15) is 0 Å². The molecule has 0 aromatic heterocycles. The highest BCUT2D eigenvalue weighted by molar-refractivity contribution is 6.06. The molecule has 0 heterocycles. The SMILES string of the molecule is CCCCCC(=O)CC(=O)C=Cc1cc(CCc2ccccc2)c(O)c(OC)c1. The molecule has 0 spiro atoms. The van der Waals surface area contributed by atoms with Gasteiger partial charge < -0.3 is 9.84 Å². The number of allylic oxidation sites excluding steroid dienone is 1. The van der Waals surface area contributed by atoms with Crippen LogP contribution < -0.4 is 4.74 Å². The Balaban J connectivity index is 2.04. The molecule has 0 amide bonds. The maximum atomic E-state index is 12.1. The fourth-order valence-corrected chi connectivity index (χ4v) is 3.16. The Morgan fingerprint density at radius 3 is 2.52 bits per heavy atom. The molecular weight excluding hydrogens is 364 g/mol. The van der Waals surface area contributed by atoms with Gasteiger partial charge in [-0.1, -0.05) is 56.2 Å². The lowest BCUT2D eigenvalue weighted by Gasteiger charge is -2.11. The monoisotopic (exact) mass is 394 g/mol. The first-order valence-electron chi connectivity index (χ1n) is 10.2. The second-order valence-electron chi connectivity index (χ2n) is 7.19. The number of carbonyl (C=O) groups excluding carboxylic acids is 2. The molecule has 0 unspecified atom stereocenters. The van der Waals surface area contributed by atoms with Crippen LogP contribution in [0.2, 0.25) is 0 Å². The minimum absolute atomic E-state index is 0.0139. The van der Waals surface area contributed by atoms with E-state index in [1.807, 2.05) is 36.4 Å². The summed E-state index contributed by atoms with van der Waals surface area (Å²) in [6.07, 6.45) is 7.85. The number of carbonyl (C=O) groups is 2. The number of ether oxygens (including phenoxy) is 1. The third kappa shape index (κ3) is 7.57. The molecule has 4 nitrogen and oxygen atoms in total. The number of aryl methyl sites for hydroxylation is 2. The predicted molar refractivity (Wildman–Crippen MR) is 116 cm³/mol. The van der Waals surface area contributed by atoms with Crippen molar-refractivity contribution in [1.82, 2.24) is 0 Å². The van der Waals surface area contributed by atoms with Crippen LogP contribution in [0.25, 0.3) is 6.08 Å². The smallest absolute Gasteiger partial charge is 0.163 e. The van der Waals surface area contributed by atoms with E-state index in [0.29, 0.717) is 18.6 Å². The summed E-state index contributed by atoms with van der Waals surface area (Å²) in [5.74, 6) is 0.278. The number of hydrogen-bond donors (Lipinski definition) is 1. The summed E-state index contributed by atoms with van der Waals surface area (Å²) >= 11 is 0. The molecule has 0 aliphatic carbocycles. The number of Topliss-reactive ketones (excluding diaryl/α,β-unsaturated/α-hetero) is 1. The minimum atomic E-state index is -0.204. The van der Waals surface area contributed by atoms with Crippen molar-refractivity contribution >= 4 is 17.6 Å². The lowest BCUT2D eigenvalue weighted by molar-refractivity contribution is -0.124. The Morgan fingerprint density at radius 2 is 1.83 bits per heavy atom. The van der Waals surface area contributed by atoms with Crippen LogP contribution in [-0.2, 0) is 22.4 Å². The van der Waals surface area contributed by atoms with Crippen molar-refractivity contribution in [3.8, 4) is 11.5 Å². The molecule has 0 bridgehead atoms. The number of methoxy groups -OCH3 is 1. The second kappa shape index (κ2) is 11.8. The van der Waals surface area contributed by atoms with Crippen molar-refractivity contribution in [2.75, 3.05) is 7.11 Å². The molecule has 0 fully saturated rings. The Kier molecular flexibility index (Phi) is 9.16. The average Bonchev–Trinajstić information content (AvgIpc) is 2.73. The molecule has 0 saturated carbocycles. The first-order chi connectivity index (χ1) is 14.0. The van der Waals surface area contributed by atoms with Crippen molar-refractivity contribution in [2.24, 2.45) is 0 Å². The summed E-state index contributed by atoms with van der Waals surface area (Å²) in [4.78, 5) is 23.9. The Labute approximate surface area is 173 Å². The average molecular weight is 395 g/mol. The second-order valence-corrected chi connectivity index (χ2v) is 7.19. The van der Waals surface area contributed by atoms with Crippen LogP contribution in [0.1, 0.15) is 55.7 Å². The summed E-state index contributed by atoms with van der Waals surface area (Å²) in [6, 6.07) is 13.6. The third-order valence-electron chi connectivity index (χ3n) is 4.81. The van der Waals surface area contributed by atoms with Gasteiger partial charge in [0.15, 0.2) is 17.3 Å². The van der Waals surface area contributed by atoms with E-state index in [1.54, 1.807) is 12.1 Å². The van der Waals surface area contributed by atoms with Crippen LogP contribution in [0, 0.1) is 0 Å².